The van der Waals surface area contributed by atoms with Gasteiger partial charge >= 0.3 is 0 Å². The van der Waals surface area contributed by atoms with Gasteiger partial charge in [0.15, 0.2) is 11.6 Å². The number of fused-ring (bicyclic) bond motifs is 9. The van der Waals surface area contributed by atoms with Crippen LogP contribution in [0, 0.1) is 0 Å². The van der Waals surface area contributed by atoms with E-state index in [1.165, 1.54) is 53.1 Å². The maximum Gasteiger partial charge on any atom is 0.238 e. The van der Waals surface area contributed by atoms with Gasteiger partial charge in [-0.15, -0.1) is 11.3 Å². The van der Waals surface area contributed by atoms with Crippen LogP contribution in [0.4, 0.5) is 0 Å². The molecular weight excluding hydrogens is 859 g/mol. The lowest BCUT2D eigenvalue weighted by Crippen LogP contribution is -2.07. The molecule has 6 heteroatoms. The van der Waals surface area contributed by atoms with Crippen molar-refractivity contribution in [3.8, 4) is 67.8 Å². The molecule has 0 atom stereocenters. The van der Waals surface area contributed by atoms with Crippen LogP contribution < -0.4 is 0 Å². The Morgan fingerprint density at radius 1 is 0.290 bits per heavy atom. The van der Waals surface area contributed by atoms with Gasteiger partial charge in [0.2, 0.25) is 5.95 Å². The molecule has 5 nitrogen and oxygen atoms in total. The van der Waals surface area contributed by atoms with E-state index in [1.54, 1.807) is 0 Å². The summed E-state index contributed by atoms with van der Waals surface area (Å²) in [5.41, 5.74) is 14.4. The first-order chi connectivity index (χ1) is 34.2. The van der Waals surface area contributed by atoms with Gasteiger partial charge in [0.1, 0.15) is 0 Å². The minimum atomic E-state index is 0.571. The number of aromatic nitrogens is 5. The molecule has 0 radical (unpaired) electrons. The highest BCUT2D eigenvalue weighted by Gasteiger charge is 2.22. The molecule has 10 aromatic carbocycles. The van der Waals surface area contributed by atoms with Crippen molar-refractivity contribution in [2.24, 2.45) is 0 Å². The molecule has 0 aliphatic rings. The van der Waals surface area contributed by atoms with Crippen LogP contribution in [0.2, 0.25) is 0 Å². The number of hydrogen-bond donors (Lipinski definition) is 0. The maximum atomic E-state index is 5.41. The zero-order valence-electron chi connectivity index (χ0n) is 37.2. The van der Waals surface area contributed by atoms with E-state index in [0.717, 1.165) is 60.9 Å². The third-order valence-corrected chi connectivity index (χ3v) is 14.8. The second-order valence-electron chi connectivity index (χ2n) is 17.6. The molecule has 322 valence electrons. The van der Waals surface area contributed by atoms with Crippen molar-refractivity contribution in [2.75, 3.05) is 0 Å². The van der Waals surface area contributed by atoms with Crippen LogP contribution >= 0.6 is 11.3 Å². The average molecular weight is 898 g/mol. The first-order valence-electron chi connectivity index (χ1n) is 23.3. The molecule has 0 N–H and O–H groups in total. The van der Waals surface area contributed by atoms with Gasteiger partial charge in [0.05, 0.1) is 27.8 Å². The zero-order chi connectivity index (χ0) is 45.4. The Hall–Kier alpha value is -8.97. The van der Waals surface area contributed by atoms with Crippen LogP contribution in [0.15, 0.2) is 237 Å². The fraction of sp³-hybridized carbons (Fsp3) is 0. The summed E-state index contributed by atoms with van der Waals surface area (Å²) in [4.78, 5) is 16.0. The van der Waals surface area contributed by atoms with Gasteiger partial charge in [0.25, 0.3) is 0 Å². The van der Waals surface area contributed by atoms with E-state index < -0.39 is 0 Å². The highest BCUT2D eigenvalue weighted by Crippen LogP contribution is 2.43. The molecule has 14 rings (SSSR count). The van der Waals surface area contributed by atoms with Crippen LogP contribution in [0.25, 0.3) is 132 Å². The normalized spacial score (nSPS) is 11.8. The van der Waals surface area contributed by atoms with E-state index in [-0.39, 0.29) is 0 Å². The van der Waals surface area contributed by atoms with Crippen molar-refractivity contribution in [3.05, 3.63) is 237 Å². The second kappa shape index (κ2) is 15.8. The SMILES string of the molecule is c1ccc(-c2ccc(-n3c4ccccc4c4ccccc43)c(-c3ccc4sc5ccc(-c6nc(-c7ccccc7)nc(-n7c8ccccc8c8cccc(-c9ccccc9)c87)n6)cc5c4c3)c2)cc1. The van der Waals surface area contributed by atoms with E-state index >= 15 is 0 Å². The molecule has 0 bridgehead atoms. The third-order valence-electron chi connectivity index (χ3n) is 13.6. The molecule has 0 amide bonds. The summed E-state index contributed by atoms with van der Waals surface area (Å²) < 4.78 is 7.10. The predicted octanol–water partition coefficient (Wildman–Crippen LogP) is 16.8. The lowest BCUT2D eigenvalue weighted by atomic mass is 9.96. The van der Waals surface area contributed by atoms with Gasteiger partial charge < -0.3 is 4.57 Å². The minimum Gasteiger partial charge on any atom is -0.309 e. The maximum absolute atomic E-state index is 5.41. The van der Waals surface area contributed by atoms with Gasteiger partial charge in [0, 0.05) is 64.0 Å². The zero-order valence-corrected chi connectivity index (χ0v) is 38.0. The fourth-order valence-corrected chi connectivity index (χ4v) is 11.5. The largest absolute Gasteiger partial charge is 0.309 e. The molecule has 0 fully saturated rings. The van der Waals surface area contributed by atoms with E-state index in [9.17, 15) is 0 Å². The standard InChI is InChI=1S/C63H39N5S/c1-4-17-40(18-5-1)43-31-34-57(67-54-28-13-10-23-47(54)48-24-11-14-29-55(48)67)51(37-43)44-32-35-58-52(38-44)53-39-45(33-36-59(53)69-58)62-64-61(42-21-8-3-9-22-42)65-63(66-62)68-56-30-15-12-25-49(56)50-27-16-26-46(60(50)68)41-19-6-2-7-20-41/h1-39H. The first-order valence-corrected chi connectivity index (χ1v) is 24.1. The van der Waals surface area contributed by atoms with E-state index in [1.807, 2.05) is 29.5 Å². The van der Waals surface area contributed by atoms with Crippen molar-refractivity contribution in [3.63, 3.8) is 0 Å². The second-order valence-corrected chi connectivity index (χ2v) is 18.6. The monoisotopic (exact) mass is 897 g/mol. The summed E-state index contributed by atoms with van der Waals surface area (Å²) in [6.45, 7) is 0. The van der Waals surface area contributed by atoms with Crippen LogP contribution in [-0.4, -0.2) is 24.1 Å². The van der Waals surface area contributed by atoms with Crippen molar-refractivity contribution < 1.29 is 0 Å². The molecule has 0 saturated heterocycles. The van der Waals surface area contributed by atoms with Gasteiger partial charge in [-0.05, 0) is 82.9 Å². The first kappa shape index (κ1) is 39.2. The van der Waals surface area contributed by atoms with Crippen molar-refractivity contribution >= 4 is 75.1 Å². The number of hydrogen-bond acceptors (Lipinski definition) is 4. The number of nitrogens with zero attached hydrogens (tertiary/aromatic N) is 5. The van der Waals surface area contributed by atoms with Gasteiger partial charge in [-0.25, -0.2) is 4.98 Å². The average Bonchev–Trinajstić information content (AvgIpc) is 4.09. The van der Waals surface area contributed by atoms with Crippen LogP contribution in [0.1, 0.15) is 0 Å². The van der Waals surface area contributed by atoms with Gasteiger partial charge in [-0.2, -0.15) is 9.97 Å². The summed E-state index contributed by atoms with van der Waals surface area (Å²) in [5.74, 6) is 1.80. The minimum absolute atomic E-state index is 0.571. The lowest BCUT2D eigenvalue weighted by Gasteiger charge is -2.16. The van der Waals surface area contributed by atoms with E-state index in [2.05, 4.69) is 228 Å². The molecule has 14 aromatic rings. The van der Waals surface area contributed by atoms with Crippen LogP contribution in [-0.2, 0) is 0 Å². The number of benzene rings is 10. The Morgan fingerprint density at radius 3 is 1.43 bits per heavy atom. The molecule has 0 saturated carbocycles. The van der Waals surface area contributed by atoms with Crippen molar-refractivity contribution in [1.82, 2.24) is 24.1 Å². The molecule has 4 aromatic heterocycles. The van der Waals surface area contributed by atoms with Crippen molar-refractivity contribution in [1.29, 1.82) is 0 Å². The number of para-hydroxylation sites is 4. The highest BCUT2D eigenvalue weighted by molar-refractivity contribution is 7.25. The Morgan fingerprint density at radius 2 is 0.783 bits per heavy atom. The highest BCUT2D eigenvalue weighted by atomic mass is 32.1. The summed E-state index contributed by atoms with van der Waals surface area (Å²) in [5, 5.41) is 7.13. The number of thiophene rings is 1. The summed E-state index contributed by atoms with van der Waals surface area (Å²) in [6.07, 6.45) is 0. The molecule has 0 spiro atoms. The van der Waals surface area contributed by atoms with E-state index in [4.69, 9.17) is 15.0 Å². The summed E-state index contributed by atoms with van der Waals surface area (Å²) in [6, 6.07) is 84.7. The molecular formula is C63H39N5S. The Labute approximate surface area is 401 Å². The van der Waals surface area contributed by atoms with Crippen LogP contribution in [0.3, 0.4) is 0 Å². The van der Waals surface area contributed by atoms with Crippen LogP contribution in [0.5, 0.6) is 0 Å². The fourth-order valence-electron chi connectivity index (χ4n) is 10.4. The lowest BCUT2D eigenvalue weighted by molar-refractivity contribution is 0.954. The Bertz CT molecular complexity index is 4250. The number of rotatable bonds is 7. The molecule has 69 heavy (non-hydrogen) atoms. The third kappa shape index (κ3) is 6.41. The molecule has 0 aliphatic carbocycles. The quantitative estimate of drug-likeness (QED) is 0.160. The summed E-state index contributed by atoms with van der Waals surface area (Å²) in [7, 11) is 0. The predicted molar refractivity (Wildman–Crippen MR) is 289 cm³/mol. The van der Waals surface area contributed by atoms with Gasteiger partial charge in [-0.3, -0.25) is 4.57 Å². The topological polar surface area (TPSA) is 48.5 Å². The Balaban J connectivity index is 0.980. The molecule has 0 unspecified atom stereocenters. The smallest absolute Gasteiger partial charge is 0.238 e. The van der Waals surface area contributed by atoms with Crippen molar-refractivity contribution in [2.45, 2.75) is 0 Å². The van der Waals surface area contributed by atoms with Gasteiger partial charge in [-0.1, -0.05) is 176 Å². The summed E-state index contributed by atoms with van der Waals surface area (Å²) >= 11 is 1.82. The van der Waals surface area contributed by atoms with E-state index in [0.29, 0.717) is 17.6 Å². The molecule has 4 heterocycles. The Kier molecular flexibility index (Phi) is 9.00. The molecule has 0 aliphatic heterocycles.